The molecule has 2 unspecified atom stereocenters. The van der Waals surface area contributed by atoms with Crippen LogP contribution in [0.25, 0.3) is 0 Å². The molecule has 0 bridgehead atoms. The second-order valence-electron chi connectivity index (χ2n) is 5.09. The van der Waals surface area contributed by atoms with Gasteiger partial charge >= 0.3 is 5.97 Å². The molecule has 1 aliphatic rings. The smallest absolute Gasteiger partial charge is 0.328 e. The SMILES string of the molecule is CC(C(=O)O)(c1ccccc1)N1CCCC(N)C1. The van der Waals surface area contributed by atoms with Gasteiger partial charge in [0.15, 0.2) is 0 Å². The van der Waals surface area contributed by atoms with Crippen molar-refractivity contribution in [1.29, 1.82) is 0 Å². The van der Waals surface area contributed by atoms with Crippen LogP contribution in [0, 0.1) is 0 Å². The quantitative estimate of drug-likeness (QED) is 0.848. The fourth-order valence-corrected chi connectivity index (χ4v) is 2.62. The van der Waals surface area contributed by atoms with Crippen LogP contribution in [0.15, 0.2) is 30.3 Å². The first kappa shape index (κ1) is 13.1. The fraction of sp³-hybridized carbons (Fsp3) is 0.500. The lowest BCUT2D eigenvalue weighted by atomic mass is 9.87. The third kappa shape index (κ3) is 2.26. The van der Waals surface area contributed by atoms with Crippen molar-refractivity contribution in [2.24, 2.45) is 5.73 Å². The predicted molar refractivity (Wildman–Crippen MR) is 70.2 cm³/mol. The molecule has 0 aliphatic carbocycles. The van der Waals surface area contributed by atoms with Crippen molar-refractivity contribution in [3.05, 3.63) is 35.9 Å². The molecule has 1 heterocycles. The maximum Gasteiger partial charge on any atom is 0.328 e. The summed E-state index contributed by atoms with van der Waals surface area (Å²) in [6, 6.07) is 9.46. The van der Waals surface area contributed by atoms with E-state index in [0.717, 1.165) is 24.9 Å². The largest absolute Gasteiger partial charge is 0.480 e. The number of nitrogens with two attached hydrogens (primary N) is 1. The van der Waals surface area contributed by atoms with Crippen LogP contribution < -0.4 is 5.73 Å². The molecule has 2 rings (SSSR count). The van der Waals surface area contributed by atoms with Crippen molar-refractivity contribution >= 4 is 5.97 Å². The molecule has 3 N–H and O–H groups in total. The first-order chi connectivity index (χ1) is 8.55. The monoisotopic (exact) mass is 248 g/mol. The Kier molecular flexibility index (Phi) is 3.68. The highest BCUT2D eigenvalue weighted by Crippen LogP contribution is 2.31. The molecule has 0 radical (unpaired) electrons. The maximum atomic E-state index is 11.7. The van der Waals surface area contributed by atoms with Crippen molar-refractivity contribution in [2.45, 2.75) is 31.3 Å². The number of piperidine rings is 1. The topological polar surface area (TPSA) is 66.6 Å². The Hall–Kier alpha value is -1.39. The average Bonchev–Trinajstić information content (AvgIpc) is 2.38. The second-order valence-corrected chi connectivity index (χ2v) is 5.09. The van der Waals surface area contributed by atoms with E-state index in [2.05, 4.69) is 0 Å². The zero-order valence-electron chi connectivity index (χ0n) is 10.7. The first-order valence-corrected chi connectivity index (χ1v) is 6.34. The van der Waals surface area contributed by atoms with Gasteiger partial charge in [-0.05, 0) is 31.9 Å². The molecule has 1 saturated heterocycles. The lowest BCUT2D eigenvalue weighted by Crippen LogP contribution is -2.56. The van der Waals surface area contributed by atoms with Gasteiger partial charge in [-0.25, -0.2) is 4.79 Å². The van der Waals surface area contributed by atoms with E-state index < -0.39 is 11.5 Å². The Bertz CT molecular complexity index is 421. The van der Waals surface area contributed by atoms with Crippen LogP contribution in [0.2, 0.25) is 0 Å². The number of benzene rings is 1. The molecule has 18 heavy (non-hydrogen) atoms. The van der Waals surface area contributed by atoms with Crippen molar-refractivity contribution in [2.75, 3.05) is 13.1 Å². The molecule has 0 amide bonds. The summed E-state index contributed by atoms with van der Waals surface area (Å²) < 4.78 is 0. The van der Waals surface area contributed by atoms with Crippen LogP contribution in [0.1, 0.15) is 25.3 Å². The minimum atomic E-state index is -0.987. The number of nitrogens with zero attached hydrogens (tertiary/aromatic N) is 1. The van der Waals surface area contributed by atoms with Gasteiger partial charge in [0.25, 0.3) is 0 Å². The number of likely N-dealkylation sites (tertiary alicyclic amines) is 1. The number of hydrogen-bond acceptors (Lipinski definition) is 3. The molecule has 4 heteroatoms. The highest BCUT2D eigenvalue weighted by Gasteiger charge is 2.42. The molecule has 4 nitrogen and oxygen atoms in total. The summed E-state index contributed by atoms with van der Waals surface area (Å²) >= 11 is 0. The molecule has 1 aromatic carbocycles. The molecule has 0 saturated carbocycles. The summed E-state index contributed by atoms with van der Waals surface area (Å²) in [5.74, 6) is -0.817. The molecule has 1 fully saturated rings. The molecule has 2 atom stereocenters. The van der Waals surface area contributed by atoms with Crippen molar-refractivity contribution in [3.63, 3.8) is 0 Å². The van der Waals surface area contributed by atoms with Gasteiger partial charge in [0.05, 0.1) is 0 Å². The van der Waals surface area contributed by atoms with E-state index in [4.69, 9.17) is 5.73 Å². The average molecular weight is 248 g/mol. The molecular formula is C14H20N2O2. The molecule has 1 aliphatic heterocycles. The number of carboxylic acids is 1. The van der Waals surface area contributed by atoms with E-state index >= 15 is 0 Å². The number of carbonyl (C=O) groups is 1. The van der Waals surface area contributed by atoms with Crippen LogP contribution in [0.4, 0.5) is 0 Å². The van der Waals surface area contributed by atoms with Crippen molar-refractivity contribution in [3.8, 4) is 0 Å². The van der Waals surface area contributed by atoms with Crippen molar-refractivity contribution in [1.82, 2.24) is 4.90 Å². The highest BCUT2D eigenvalue weighted by atomic mass is 16.4. The number of rotatable bonds is 3. The third-order valence-corrected chi connectivity index (χ3v) is 3.84. The van der Waals surface area contributed by atoms with Gasteiger partial charge in [-0.3, -0.25) is 4.90 Å². The zero-order chi connectivity index (χ0) is 13.2. The van der Waals surface area contributed by atoms with Gasteiger partial charge in [-0.1, -0.05) is 30.3 Å². The Morgan fingerprint density at radius 1 is 1.44 bits per heavy atom. The zero-order valence-corrected chi connectivity index (χ0v) is 10.7. The van der Waals surface area contributed by atoms with Gasteiger partial charge in [0.2, 0.25) is 0 Å². The minimum absolute atomic E-state index is 0.0705. The van der Waals surface area contributed by atoms with E-state index in [1.54, 1.807) is 6.92 Å². The lowest BCUT2D eigenvalue weighted by Gasteiger charge is -2.42. The van der Waals surface area contributed by atoms with Gasteiger partial charge < -0.3 is 10.8 Å². The van der Waals surface area contributed by atoms with E-state index in [0.29, 0.717) is 6.54 Å². The third-order valence-electron chi connectivity index (χ3n) is 3.84. The molecule has 0 aromatic heterocycles. The van der Waals surface area contributed by atoms with Gasteiger partial charge in [-0.2, -0.15) is 0 Å². The Balaban J connectivity index is 2.35. The summed E-state index contributed by atoms with van der Waals surface area (Å²) in [5.41, 5.74) is 5.79. The van der Waals surface area contributed by atoms with E-state index in [9.17, 15) is 9.90 Å². The fourth-order valence-electron chi connectivity index (χ4n) is 2.62. The van der Waals surface area contributed by atoms with Gasteiger partial charge in [-0.15, -0.1) is 0 Å². The normalized spacial score (nSPS) is 24.4. The Labute approximate surface area is 107 Å². The summed E-state index contributed by atoms with van der Waals surface area (Å²) in [4.78, 5) is 13.7. The molecule has 0 spiro atoms. The van der Waals surface area contributed by atoms with Crippen LogP contribution in [-0.2, 0) is 10.3 Å². The van der Waals surface area contributed by atoms with Crippen molar-refractivity contribution < 1.29 is 9.90 Å². The summed E-state index contributed by atoms with van der Waals surface area (Å²) in [7, 11) is 0. The number of aliphatic carboxylic acids is 1. The van der Waals surface area contributed by atoms with E-state index in [1.165, 1.54) is 0 Å². The van der Waals surface area contributed by atoms with E-state index in [-0.39, 0.29) is 6.04 Å². The Morgan fingerprint density at radius 2 is 2.11 bits per heavy atom. The molecule has 1 aromatic rings. The molecular weight excluding hydrogens is 228 g/mol. The van der Waals surface area contributed by atoms with Crippen LogP contribution in [0.5, 0.6) is 0 Å². The van der Waals surface area contributed by atoms with Crippen LogP contribution in [-0.4, -0.2) is 35.1 Å². The van der Waals surface area contributed by atoms with Gasteiger partial charge in [0.1, 0.15) is 5.54 Å². The van der Waals surface area contributed by atoms with Crippen LogP contribution in [0.3, 0.4) is 0 Å². The van der Waals surface area contributed by atoms with E-state index in [1.807, 2.05) is 35.2 Å². The molecule has 98 valence electrons. The highest BCUT2D eigenvalue weighted by molar-refractivity contribution is 5.80. The Morgan fingerprint density at radius 3 is 2.67 bits per heavy atom. The maximum absolute atomic E-state index is 11.7. The standard InChI is InChI=1S/C14H20N2O2/c1-14(13(17)18,11-6-3-2-4-7-11)16-9-5-8-12(15)10-16/h2-4,6-7,12H,5,8-10,15H2,1H3,(H,17,18). The predicted octanol–water partition coefficient (Wildman–Crippen LogP) is 1.41. The minimum Gasteiger partial charge on any atom is -0.480 e. The summed E-state index contributed by atoms with van der Waals surface area (Å²) in [6.45, 7) is 3.19. The second kappa shape index (κ2) is 5.08. The van der Waals surface area contributed by atoms with Crippen LogP contribution >= 0.6 is 0 Å². The number of hydrogen-bond donors (Lipinski definition) is 2. The summed E-state index contributed by atoms with van der Waals surface area (Å²) in [5, 5.41) is 9.64. The first-order valence-electron chi connectivity index (χ1n) is 6.34. The lowest BCUT2D eigenvalue weighted by molar-refractivity contribution is -0.152. The summed E-state index contributed by atoms with van der Waals surface area (Å²) in [6.07, 6.45) is 1.93. The number of carboxylic acid groups (broad SMARTS) is 1. The van der Waals surface area contributed by atoms with Gasteiger partial charge in [0, 0.05) is 12.6 Å².